The highest BCUT2D eigenvalue weighted by Gasteiger charge is 2.33. The Bertz CT molecular complexity index is 951. The maximum absolute atomic E-state index is 5.56. The molecule has 0 bridgehead atoms. The number of hydrogen-bond donors (Lipinski definition) is 0. The molecule has 0 saturated heterocycles. The summed E-state index contributed by atoms with van der Waals surface area (Å²) in [5.41, 5.74) is 5.52. The van der Waals surface area contributed by atoms with Gasteiger partial charge in [0.1, 0.15) is 5.75 Å². The summed E-state index contributed by atoms with van der Waals surface area (Å²) in [6, 6.07) is 21.6. The van der Waals surface area contributed by atoms with E-state index in [4.69, 9.17) is 4.74 Å². The Balaban J connectivity index is 2.01. The number of ether oxygens (including phenoxy) is 1. The second kappa shape index (κ2) is 5.52. The minimum absolute atomic E-state index is 0.104. The summed E-state index contributed by atoms with van der Waals surface area (Å²) in [4.78, 5) is 0. The average molecular weight is 314 g/mol. The smallest absolute Gasteiger partial charge is 0.126 e. The Morgan fingerprint density at radius 2 is 1.54 bits per heavy atom. The summed E-state index contributed by atoms with van der Waals surface area (Å²) in [6.07, 6.45) is 3.55. The number of fused-ring (bicyclic) bond motifs is 2. The van der Waals surface area contributed by atoms with Crippen molar-refractivity contribution in [1.82, 2.24) is 0 Å². The molecule has 4 rings (SSSR count). The van der Waals surface area contributed by atoms with E-state index in [0.29, 0.717) is 0 Å². The summed E-state index contributed by atoms with van der Waals surface area (Å²) in [7, 11) is 1.74. The van der Waals surface area contributed by atoms with Gasteiger partial charge < -0.3 is 4.74 Å². The zero-order valence-corrected chi connectivity index (χ0v) is 14.5. The third-order valence-corrected chi connectivity index (χ3v) is 5.42. The van der Waals surface area contributed by atoms with Crippen LogP contribution in [0.25, 0.3) is 16.3 Å². The van der Waals surface area contributed by atoms with Crippen LogP contribution in [0.2, 0.25) is 0 Å². The number of rotatable bonds is 3. The Morgan fingerprint density at radius 3 is 2.29 bits per heavy atom. The van der Waals surface area contributed by atoms with Crippen molar-refractivity contribution in [3.05, 3.63) is 83.4 Å². The molecule has 1 nitrogen and oxygen atoms in total. The standard InChI is InChI=1S/C23H22O/c1-4-23(2)15-20(18-10-7-8-12-21(18)23)17-13-14-22(24-3)19-11-6-5-9-16(17)19/h5-15H,4H2,1-3H3. The normalized spacial score (nSPS) is 19.2. The van der Waals surface area contributed by atoms with Crippen LogP contribution >= 0.6 is 0 Å². The first kappa shape index (κ1) is 15.0. The molecule has 0 aromatic heterocycles. The zero-order chi connectivity index (χ0) is 16.7. The molecule has 0 heterocycles. The monoisotopic (exact) mass is 314 g/mol. The Labute approximate surface area is 143 Å². The van der Waals surface area contributed by atoms with E-state index in [1.165, 1.54) is 33.0 Å². The van der Waals surface area contributed by atoms with Crippen molar-refractivity contribution in [3.8, 4) is 5.75 Å². The van der Waals surface area contributed by atoms with Gasteiger partial charge in [0.15, 0.2) is 0 Å². The maximum atomic E-state index is 5.56. The zero-order valence-electron chi connectivity index (χ0n) is 14.5. The highest BCUT2D eigenvalue weighted by molar-refractivity contribution is 6.02. The fourth-order valence-electron chi connectivity index (χ4n) is 3.89. The predicted octanol–water partition coefficient (Wildman–Crippen LogP) is 5.96. The van der Waals surface area contributed by atoms with E-state index in [-0.39, 0.29) is 5.41 Å². The predicted molar refractivity (Wildman–Crippen MR) is 102 cm³/mol. The molecule has 1 aliphatic rings. The Kier molecular flexibility index (Phi) is 3.45. The molecular weight excluding hydrogens is 292 g/mol. The van der Waals surface area contributed by atoms with Gasteiger partial charge in [0.2, 0.25) is 0 Å². The lowest BCUT2D eigenvalue weighted by Gasteiger charge is -2.21. The van der Waals surface area contributed by atoms with Crippen molar-refractivity contribution >= 4 is 16.3 Å². The molecule has 0 radical (unpaired) electrons. The van der Waals surface area contributed by atoms with Crippen LogP contribution in [-0.4, -0.2) is 7.11 Å². The molecule has 0 amide bonds. The van der Waals surface area contributed by atoms with Crippen molar-refractivity contribution in [1.29, 1.82) is 0 Å². The number of allylic oxidation sites excluding steroid dienone is 1. The Morgan fingerprint density at radius 1 is 0.833 bits per heavy atom. The molecule has 0 fully saturated rings. The fraction of sp³-hybridized carbons (Fsp3) is 0.217. The maximum Gasteiger partial charge on any atom is 0.126 e. The summed E-state index contributed by atoms with van der Waals surface area (Å²) in [6.45, 7) is 4.60. The second-order valence-electron chi connectivity index (χ2n) is 6.74. The van der Waals surface area contributed by atoms with E-state index in [1.54, 1.807) is 7.11 Å². The van der Waals surface area contributed by atoms with E-state index in [1.807, 2.05) is 0 Å². The molecule has 120 valence electrons. The molecule has 3 aromatic rings. The van der Waals surface area contributed by atoms with Gasteiger partial charge in [-0.05, 0) is 40.1 Å². The first-order valence-corrected chi connectivity index (χ1v) is 8.57. The third kappa shape index (κ3) is 2.08. The molecule has 1 heteroatoms. The lowest BCUT2D eigenvalue weighted by molar-refractivity contribution is 0.420. The lowest BCUT2D eigenvalue weighted by atomic mass is 9.82. The first-order chi connectivity index (χ1) is 11.7. The summed E-state index contributed by atoms with van der Waals surface area (Å²) >= 11 is 0. The Hall–Kier alpha value is -2.54. The molecule has 0 saturated carbocycles. The van der Waals surface area contributed by atoms with Crippen molar-refractivity contribution in [3.63, 3.8) is 0 Å². The quantitative estimate of drug-likeness (QED) is 0.579. The highest BCUT2D eigenvalue weighted by atomic mass is 16.5. The fourth-order valence-corrected chi connectivity index (χ4v) is 3.89. The largest absolute Gasteiger partial charge is 0.496 e. The van der Waals surface area contributed by atoms with Crippen LogP contribution in [0.5, 0.6) is 5.75 Å². The molecular formula is C23H22O. The lowest BCUT2D eigenvalue weighted by Crippen LogP contribution is -2.14. The van der Waals surface area contributed by atoms with E-state index in [0.717, 1.165) is 12.2 Å². The van der Waals surface area contributed by atoms with Crippen molar-refractivity contribution in [2.75, 3.05) is 7.11 Å². The van der Waals surface area contributed by atoms with Crippen LogP contribution in [0, 0.1) is 0 Å². The molecule has 24 heavy (non-hydrogen) atoms. The highest BCUT2D eigenvalue weighted by Crippen LogP contribution is 2.46. The van der Waals surface area contributed by atoms with Crippen LogP contribution in [0.1, 0.15) is 37.0 Å². The van der Waals surface area contributed by atoms with E-state index in [9.17, 15) is 0 Å². The summed E-state index contributed by atoms with van der Waals surface area (Å²) in [5, 5.41) is 2.42. The summed E-state index contributed by atoms with van der Waals surface area (Å²) < 4.78 is 5.56. The molecule has 1 unspecified atom stereocenters. The van der Waals surface area contributed by atoms with E-state index < -0.39 is 0 Å². The molecule has 1 atom stereocenters. The minimum atomic E-state index is 0.104. The van der Waals surface area contributed by atoms with Crippen molar-refractivity contribution < 1.29 is 4.74 Å². The van der Waals surface area contributed by atoms with Gasteiger partial charge in [0.25, 0.3) is 0 Å². The van der Waals surface area contributed by atoms with Crippen LogP contribution in [0.3, 0.4) is 0 Å². The van der Waals surface area contributed by atoms with Gasteiger partial charge in [0.05, 0.1) is 7.11 Å². The van der Waals surface area contributed by atoms with Crippen LogP contribution in [-0.2, 0) is 5.41 Å². The van der Waals surface area contributed by atoms with Gasteiger partial charge in [-0.25, -0.2) is 0 Å². The second-order valence-corrected chi connectivity index (χ2v) is 6.74. The van der Waals surface area contributed by atoms with Crippen LogP contribution < -0.4 is 4.74 Å². The molecule has 0 N–H and O–H groups in total. The third-order valence-electron chi connectivity index (χ3n) is 5.42. The van der Waals surface area contributed by atoms with Gasteiger partial charge in [-0.2, -0.15) is 0 Å². The van der Waals surface area contributed by atoms with Gasteiger partial charge in [-0.1, -0.05) is 74.5 Å². The van der Waals surface area contributed by atoms with E-state index in [2.05, 4.69) is 80.6 Å². The number of hydrogen-bond acceptors (Lipinski definition) is 1. The topological polar surface area (TPSA) is 9.23 Å². The first-order valence-electron chi connectivity index (χ1n) is 8.57. The van der Waals surface area contributed by atoms with Crippen LogP contribution in [0.15, 0.2) is 66.7 Å². The van der Waals surface area contributed by atoms with Gasteiger partial charge in [-0.3, -0.25) is 0 Å². The molecule has 0 spiro atoms. The van der Waals surface area contributed by atoms with Gasteiger partial charge >= 0.3 is 0 Å². The number of benzene rings is 3. The van der Waals surface area contributed by atoms with Crippen molar-refractivity contribution in [2.45, 2.75) is 25.7 Å². The van der Waals surface area contributed by atoms with Gasteiger partial charge in [0, 0.05) is 10.8 Å². The summed E-state index contributed by atoms with van der Waals surface area (Å²) in [5.74, 6) is 0.930. The number of methoxy groups -OCH3 is 1. The average Bonchev–Trinajstić information content (AvgIpc) is 2.95. The molecule has 3 aromatic carbocycles. The molecule has 1 aliphatic carbocycles. The van der Waals surface area contributed by atoms with Crippen LogP contribution in [0.4, 0.5) is 0 Å². The van der Waals surface area contributed by atoms with Crippen molar-refractivity contribution in [2.24, 2.45) is 0 Å². The van der Waals surface area contributed by atoms with Gasteiger partial charge in [-0.15, -0.1) is 0 Å². The SMILES string of the molecule is CCC1(C)C=C(c2ccc(OC)c3ccccc23)c2ccccc21. The van der Waals surface area contributed by atoms with E-state index >= 15 is 0 Å². The minimum Gasteiger partial charge on any atom is -0.496 e. The molecule has 0 aliphatic heterocycles.